The number of ether oxygens (including phenoxy) is 1. The van der Waals surface area contributed by atoms with Gasteiger partial charge in [0.2, 0.25) is 0 Å². The quantitative estimate of drug-likeness (QED) is 0.788. The molecule has 84 valence electrons. The Labute approximate surface area is 95.7 Å². The van der Waals surface area contributed by atoms with Gasteiger partial charge in [-0.2, -0.15) is 0 Å². The van der Waals surface area contributed by atoms with E-state index in [4.69, 9.17) is 4.74 Å². The van der Waals surface area contributed by atoms with Crippen LogP contribution in [0, 0.1) is 0 Å². The summed E-state index contributed by atoms with van der Waals surface area (Å²) in [6.07, 6.45) is 3.76. The summed E-state index contributed by atoms with van der Waals surface area (Å²) in [4.78, 5) is 4.19. The van der Waals surface area contributed by atoms with E-state index in [1.807, 2.05) is 24.7 Å². The number of rotatable bonds is 3. The highest BCUT2D eigenvalue weighted by Crippen LogP contribution is 2.24. The molecule has 1 aromatic heterocycles. The molecule has 0 unspecified atom stereocenters. The predicted molar refractivity (Wildman–Crippen MR) is 64.6 cm³/mol. The molecule has 2 rings (SSSR count). The van der Waals surface area contributed by atoms with Crippen LogP contribution < -0.4 is 4.74 Å². The van der Waals surface area contributed by atoms with Crippen molar-refractivity contribution in [2.24, 2.45) is 0 Å². The maximum atomic E-state index is 5.14. The van der Waals surface area contributed by atoms with Gasteiger partial charge in [-0.3, -0.25) is 0 Å². The lowest BCUT2D eigenvalue weighted by Crippen LogP contribution is -2.00. The number of hydrogen-bond donors (Lipinski definition) is 0. The third-order valence-electron chi connectivity index (χ3n) is 2.61. The second-order valence-electron chi connectivity index (χ2n) is 4.01. The number of hydrogen-bond acceptors (Lipinski definition) is 2. The van der Waals surface area contributed by atoms with E-state index in [1.54, 1.807) is 7.11 Å². The summed E-state index contributed by atoms with van der Waals surface area (Å²) < 4.78 is 7.30. The Balaban J connectivity index is 2.38. The second kappa shape index (κ2) is 4.39. The van der Waals surface area contributed by atoms with E-state index >= 15 is 0 Å². The van der Waals surface area contributed by atoms with Gasteiger partial charge in [-0.25, -0.2) is 4.98 Å². The third-order valence-corrected chi connectivity index (χ3v) is 2.61. The molecule has 0 N–H and O–H groups in total. The molecule has 0 amide bonds. The number of aromatic nitrogens is 2. The molecule has 1 heterocycles. The molecule has 0 radical (unpaired) electrons. The molecular weight excluding hydrogens is 200 g/mol. The van der Waals surface area contributed by atoms with Crippen LogP contribution in [0.5, 0.6) is 5.75 Å². The molecule has 2 aromatic rings. The monoisotopic (exact) mass is 216 g/mol. The molecule has 16 heavy (non-hydrogen) atoms. The van der Waals surface area contributed by atoms with Crippen LogP contribution in [0.3, 0.4) is 0 Å². The van der Waals surface area contributed by atoms with Crippen molar-refractivity contribution >= 4 is 0 Å². The summed E-state index contributed by atoms with van der Waals surface area (Å²) in [5.41, 5.74) is 2.30. The van der Waals surface area contributed by atoms with Gasteiger partial charge in [0.05, 0.1) is 25.3 Å². The summed E-state index contributed by atoms with van der Waals surface area (Å²) >= 11 is 0. The molecule has 0 aliphatic rings. The van der Waals surface area contributed by atoms with Gasteiger partial charge in [0.15, 0.2) is 0 Å². The van der Waals surface area contributed by atoms with Gasteiger partial charge in [-0.15, -0.1) is 0 Å². The summed E-state index contributed by atoms with van der Waals surface area (Å²) in [5, 5.41) is 0. The Morgan fingerprint density at radius 3 is 2.44 bits per heavy atom. The number of methoxy groups -OCH3 is 1. The smallest absolute Gasteiger partial charge is 0.118 e. The predicted octanol–water partition coefficient (Wildman–Crippen LogP) is 3.14. The molecule has 0 bridgehead atoms. The fraction of sp³-hybridized carbons (Fsp3) is 0.308. The summed E-state index contributed by atoms with van der Waals surface area (Å²) in [6.45, 7) is 4.30. The molecular formula is C13H16N2O. The number of imidazole rings is 1. The second-order valence-corrected chi connectivity index (χ2v) is 4.01. The highest BCUT2D eigenvalue weighted by Gasteiger charge is 2.07. The lowest BCUT2D eigenvalue weighted by atomic mass is 10.1. The maximum absolute atomic E-state index is 5.14. The molecule has 0 fully saturated rings. The molecule has 0 atom stereocenters. The summed E-state index contributed by atoms with van der Waals surface area (Å²) in [7, 11) is 1.67. The van der Waals surface area contributed by atoms with Gasteiger partial charge in [-0.05, 0) is 38.1 Å². The maximum Gasteiger partial charge on any atom is 0.118 e. The minimum absolute atomic E-state index is 0.416. The van der Waals surface area contributed by atoms with Crippen LogP contribution in [0.15, 0.2) is 36.8 Å². The van der Waals surface area contributed by atoms with Crippen molar-refractivity contribution < 1.29 is 4.74 Å². The van der Waals surface area contributed by atoms with Crippen LogP contribution in [-0.4, -0.2) is 16.7 Å². The number of nitrogens with zero attached hydrogens (tertiary/aromatic N) is 2. The SMILES string of the molecule is COc1ccc(-c2cncn2C(C)C)cc1. The average molecular weight is 216 g/mol. The Morgan fingerprint density at radius 1 is 1.19 bits per heavy atom. The third kappa shape index (κ3) is 1.94. The Morgan fingerprint density at radius 2 is 1.88 bits per heavy atom. The zero-order valence-electron chi connectivity index (χ0n) is 9.84. The van der Waals surface area contributed by atoms with Crippen LogP contribution >= 0.6 is 0 Å². The average Bonchev–Trinajstić information content (AvgIpc) is 2.78. The van der Waals surface area contributed by atoms with Crippen LogP contribution in [-0.2, 0) is 0 Å². The van der Waals surface area contributed by atoms with Crippen molar-refractivity contribution in [1.29, 1.82) is 0 Å². The van der Waals surface area contributed by atoms with E-state index in [9.17, 15) is 0 Å². The van der Waals surface area contributed by atoms with Crippen molar-refractivity contribution in [3.63, 3.8) is 0 Å². The van der Waals surface area contributed by atoms with E-state index in [2.05, 4.69) is 35.5 Å². The topological polar surface area (TPSA) is 27.1 Å². The van der Waals surface area contributed by atoms with Crippen molar-refractivity contribution in [1.82, 2.24) is 9.55 Å². The van der Waals surface area contributed by atoms with Crippen molar-refractivity contribution in [2.45, 2.75) is 19.9 Å². The first-order valence-electron chi connectivity index (χ1n) is 5.38. The summed E-state index contributed by atoms with van der Waals surface area (Å²) in [6, 6.07) is 8.45. The van der Waals surface area contributed by atoms with Gasteiger partial charge >= 0.3 is 0 Å². The lowest BCUT2D eigenvalue weighted by molar-refractivity contribution is 0.415. The fourth-order valence-electron chi connectivity index (χ4n) is 1.70. The van der Waals surface area contributed by atoms with Gasteiger partial charge < -0.3 is 9.30 Å². The lowest BCUT2D eigenvalue weighted by Gasteiger charge is -2.11. The Hall–Kier alpha value is -1.77. The Bertz CT molecular complexity index is 457. The molecule has 0 saturated carbocycles. The van der Waals surface area contributed by atoms with Gasteiger partial charge in [0, 0.05) is 11.6 Å². The van der Waals surface area contributed by atoms with Crippen molar-refractivity contribution in [3.05, 3.63) is 36.8 Å². The largest absolute Gasteiger partial charge is 0.497 e. The van der Waals surface area contributed by atoms with E-state index in [1.165, 1.54) is 0 Å². The van der Waals surface area contributed by atoms with Crippen molar-refractivity contribution in [3.8, 4) is 17.0 Å². The molecule has 1 aromatic carbocycles. The summed E-state index contributed by atoms with van der Waals surface area (Å²) in [5.74, 6) is 0.874. The van der Waals surface area contributed by atoms with Crippen LogP contribution in [0.25, 0.3) is 11.3 Å². The first-order chi connectivity index (χ1) is 7.72. The zero-order chi connectivity index (χ0) is 11.5. The van der Waals surface area contributed by atoms with Gasteiger partial charge in [0.25, 0.3) is 0 Å². The molecule has 0 spiro atoms. The van der Waals surface area contributed by atoms with E-state index in [0.717, 1.165) is 17.0 Å². The zero-order valence-corrected chi connectivity index (χ0v) is 9.84. The molecule has 0 aliphatic heterocycles. The standard InChI is InChI=1S/C13H16N2O/c1-10(2)15-9-14-8-13(15)11-4-6-12(16-3)7-5-11/h4-10H,1-3H3. The van der Waals surface area contributed by atoms with E-state index in [0.29, 0.717) is 6.04 Å². The normalized spacial score (nSPS) is 10.8. The minimum atomic E-state index is 0.416. The van der Waals surface area contributed by atoms with Crippen LogP contribution in [0.4, 0.5) is 0 Å². The highest BCUT2D eigenvalue weighted by atomic mass is 16.5. The van der Waals surface area contributed by atoms with Crippen molar-refractivity contribution in [2.75, 3.05) is 7.11 Å². The molecule has 0 aliphatic carbocycles. The van der Waals surface area contributed by atoms with E-state index in [-0.39, 0.29) is 0 Å². The van der Waals surface area contributed by atoms with Gasteiger partial charge in [0.1, 0.15) is 5.75 Å². The highest BCUT2D eigenvalue weighted by molar-refractivity contribution is 5.60. The number of benzene rings is 1. The first-order valence-corrected chi connectivity index (χ1v) is 5.38. The first kappa shape index (κ1) is 10.7. The fourth-order valence-corrected chi connectivity index (χ4v) is 1.70. The van der Waals surface area contributed by atoms with Crippen LogP contribution in [0.2, 0.25) is 0 Å². The van der Waals surface area contributed by atoms with E-state index < -0.39 is 0 Å². The Kier molecular flexibility index (Phi) is 2.95. The molecule has 3 heteroatoms. The van der Waals surface area contributed by atoms with Gasteiger partial charge in [-0.1, -0.05) is 0 Å². The minimum Gasteiger partial charge on any atom is -0.497 e. The molecule has 3 nitrogen and oxygen atoms in total. The molecule has 0 saturated heterocycles. The van der Waals surface area contributed by atoms with Crippen LogP contribution in [0.1, 0.15) is 19.9 Å².